The zero-order valence-electron chi connectivity index (χ0n) is 23.1. The Kier molecular flexibility index (Phi) is 39.1. The highest BCUT2D eigenvalue weighted by Crippen LogP contribution is 2.10. The maximum atomic E-state index is 11.6. The highest BCUT2D eigenvalue weighted by Gasteiger charge is 2.16. The van der Waals surface area contributed by atoms with E-state index in [0.29, 0.717) is 44.8 Å². The van der Waals surface area contributed by atoms with E-state index in [2.05, 4.69) is 11.6 Å². The Labute approximate surface area is 194 Å². The smallest absolute Gasteiger partial charge is 0.306 e. The second-order valence-corrected chi connectivity index (χ2v) is 6.53. The average molecular weight is 447 g/mol. The molecule has 0 N–H and O–H groups in total. The summed E-state index contributed by atoms with van der Waals surface area (Å²) in [4.78, 5) is 27.6. The van der Waals surface area contributed by atoms with Gasteiger partial charge in [0, 0.05) is 39.3 Å². The molecule has 0 aliphatic rings. The first-order chi connectivity index (χ1) is 14.6. The Hall–Kier alpha value is -1.69. The quantitative estimate of drug-likeness (QED) is 0.276. The Bertz CT molecular complexity index is 428. The van der Waals surface area contributed by atoms with Crippen LogP contribution in [-0.4, -0.2) is 55.3 Å². The minimum Gasteiger partial charge on any atom is -0.460 e. The first kappa shape index (κ1) is 39.7. The summed E-state index contributed by atoms with van der Waals surface area (Å²) < 4.78 is 10.3. The van der Waals surface area contributed by atoms with Crippen LogP contribution in [-0.2, 0) is 19.1 Å². The van der Waals surface area contributed by atoms with Gasteiger partial charge in [-0.2, -0.15) is 0 Å². The van der Waals surface area contributed by atoms with Gasteiger partial charge in [-0.3, -0.25) is 4.79 Å². The first-order valence-corrected chi connectivity index (χ1v) is 11.7. The summed E-state index contributed by atoms with van der Waals surface area (Å²) >= 11 is 0. The molecule has 6 nitrogen and oxygen atoms in total. The molecule has 0 aromatic heterocycles. The molecule has 0 aromatic carbocycles. The molecule has 0 unspecified atom stereocenters. The van der Waals surface area contributed by atoms with Gasteiger partial charge in [0.2, 0.25) is 0 Å². The van der Waals surface area contributed by atoms with Crippen LogP contribution in [0.1, 0.15) is 102 Å². The third-order valence-electron chi connectivity index (χ3n) is 2.94. The van der Waals surface area contributed by atoms with Crippen LogP contribution in [0.2, 0.25) is 0 Å². The Balaban J connectivity index is -0.000000172. The molecule has 31 heavy (non-hydrogen) atoms. The number of hydrogen-bond donors (Lipinski definition) is 0. The highest BCUT2D eigenvalue weighted by molar-refractivity contribution is 5.74. The van der Waals surface area contributed by atoms with Gasteiger partial charge in [-0.15, -0.1) is 0 Å². The van der Waals surface area contributed by atoms with Crippen molar-refractivity contribution in [3.63, 3.8) is 0 Å². The average Bonchev–Trinajstić information content (AvgIpc) is 2.74. The van der Waals surface area contributed by atoms with E-state index in [4.69, 9.17) is 9.47 Å². The largest absolute Gasteiger partial charge is 0.460 e. The fraction of sp³-hybridized carbons (Fsp3) is 0.800. The molecule has 0 rings (SSSR count). The van der Waals surface area contributed by atoms with Gasteiger partial charge in [-0.05, 0) is 41.0 Å². The van der Waals surface area contributed by atoms with E-state index < -0.39 is 5.60 Å². The van der Waals surface area contributed by atoms with Gasteiger partial charge in [-0.25, -0.2) is 4.99 Å². The van der Waals surface area contributed by atoms with Crippen LogP contribution in [0.15, 0.2) is 17.4 Å². The topological polar surface area (TPSA) is 68.2 Å². The number of nitrogens with zero attached hydrogens (tertiary/aromatic N) is 2. The van der Waals surface area contributed by atoms with Crippen molar-refractivity contribution >= 4 is 18.0 Å². The monoisotopic (exact) mass is 446 g/mol. The molecule has 0 saturated carbocycles. The molecule has 0 aliphatic carbocycles. The number of carbonyl (C=O) groups excluding carboxylic acids is 2. The minimum atomic E-state index is -0.428. The van der Waals surface area contributed by atoms with Crippen molar-refractivity contribution in [2.24, 2.45) is 4.99 Å². The molecule has 188 valence electrons. The van der Waals surface area contributed by atoms with Gasteiger partial charge in [0.25, 0.3) is 0 Å². The number of methoxy groups -OCH3 is 1. The number of carbonyl (C=O) groups is 2. The molecule has 0 aliphatic heterocycles. The van der Waals surface area contributed by atoms with E-state index in [1.165, 1.54) is 0 Å². The van der Waals surface area contributed by atoms with Gasteiger partial charge in [0.1, 0.15) is 17.2 Å². The summed E-state index contributed by atoms with van der Waals surface area (Å²) in [6, 6.07) is 0. The third kappa shape index (κ3) is 39.4. The fourth-order valence-electron chi connectivity index (χ4n) is 1.61. The van der Waals surface area contributed by atoms with E-state index >= 15 is 0 Å². The maximum absolute atomic E-state index is 11.6. The number of ether oxygens (including phenoxy) is 2. The minimum absolute atomic E-state index is 0.172. The lowest BCUT2D eigenvalue weighted by atomic mass is 10.2. The van der Waals surface area contributed by atoms with Crippen molar-refractivity contribution in [2.45, 2.75) is 108 Å². The van der Waals surface area contributed by atoms with Crippen molar-refractivity contribution in [3.05, 3.63) is 12.4 Å². The Morgan fingerprint density at radius 3 is 1.81 bits per heavy atom. The number of hydrogen-bond acceptors (Lipinski definition) is 6. The molecule has 0 atom stereocenters. The van der Waals surface area contributed by atoms with Gasteiger partial charge >= 0.3 is 5.97 Å². The van der Waals surface area contributed by atoms with Crippen LogP contribution in [0.4, 0.5) is 0 Å². The summed E-state index contributed by atoms with van der Waals surface area (Å²) in [6.07, 6.45) is 3.47. The predicted octanol–water partition coefficient (Wildman–Crippen LogP) is 6.68. The summed E-state index contributed by atoms with van der Waals surface area (Å²) in [7, 11) is 1.66. The molecule has 6 heteroatoms. The van der Waals surface area contributed by atoms with E-state index in [9.17, 15) is 9.59 Å². The molecule has 0 fully saturated rings. The standard InChI is InChI=1S/C15H28N2O3.C4H8O.3C2H6/c1-7-16-13(2)17(11-12-19-6)10-8-9-14(18)20-15(3,4)5;1-3-4(2)5;3*1-2/h7H,2,8-12H2,1,3-6H3;3H2,1-2H3;3*1-2H3/b16-7+;;;;. The molecule has 0 saturated heterocycles. The zero-order chi connectivity index (χ0) is 25.9. The molecule has 0 aromatic rings. The lowest BCUT2D eigenvalue weighted by Crippen LogP contribution is -2.28. The normalized spacial score (nSPS) is 9.32. The van der Waals surface area contributed by atoms with Crippen molar-refractivity contribution in [1.82, 2.24) is 4.90 Å². The van der Waals surface area contributed by atoms with Crippen molar-refractivity contribution < 1.29 is 19.1 Å². The van der Waals surface area contributed by atoms with Gasteiger partial charge in [0.15, 0.2) is 0 Å². The van der Waals surface area contributed by atoms with E-state index in [0.717, 1.165) is 0 Å². The second kappa shape index (κ2) is 30.5. The summed E-state index contributed by atoms with van der Waals surface area (Å²) in [6.45, 7) is 28.8. The lowest BCUT2D eigenvalue weighted by Gasteiger charge is -2.24. The number of esters is 1. The van der Waals surface area contributed by atoms with Gasteiger partial charge in [0.05, 0.1) is 6.61 Å². The molecule has 0 heterocycles. The van der Waals surface area contributed by atoms with Crippen LogP contribution >= 0.6 is 0 Å². The number of ketones is 1. The van der Waals surface area contributed by atoms with Crippen LogP contribution in [0.25, 0.3) is 0 Å². The van der Waals surface area contributed by atoms with E-state index in [1.54, 1.807) is 20.2 Å². The molecular weight excluding hydrogens is 392 g/mol. The number of rotatable bonds is 10. The Morgan fingerprint density at radius 1 is 1.03 bits per heavy atom. The van der Waals surface area contributed by atoms with E-state index in [-0.39, 0.29) is 11.8 Å². The van der Waals surface area contributed by atoms with Crippen molar-refractivity contribution in [1.29, 1.82) is 0 Å². The van der Waals surface area contributed by atoms with Crippen molar-refractivity contribution in [3.8, 4) is 0 Å². The Morgan fingerprint density at radius 2 is 1.48 bits per heavy atom. The first-order valence-electron chi connectivity index (χ1n) is 11.7. The van der Waals surface area contributed by atoms with Gasteiger partial charge < -0.3 is 19.2 Å². The third-order valence-corrected chi connectivity index (χ3v) is 2.94. The second-order valence-electron chi connectivity index (χ2n) is 6.53. The van der Waals surface area contributed by atoms with Crippen LogP contribution in [0, 0.1) is 0 Å². The SMILES string of the molecule is C=C(/N=C/C)N(CCCC(=O)OC(C)(C)C)CCOC.CC.CC.CC.CCC(C)=O. The summed E-state index contributed by atoms with van der Waals surface area (Å²) in [5, 5.41) is 0. The van der Waals surface area contributed by atoms with E-state index in [1.807, 2.05) is 81.1 Å². The van der Waals surface area contributed by atoms with Crippen molar-refractivity contribution in [2.75, 3.05) is 26.8 Å². The molecule has 0 amide bonds. The molecule has 0 spiro atoms. The van der Waals surface area contributed by atoms with Crippen LogP contribution < -0.4 is 0 Å². The number of aliphatic imine (C=N–C) groups is 1. The highest BCUT2D eigenvalue weighted by atomic mass is 16.6. The van der Waals surface area contributed by atoms with Crippen LogP contribution in [0.3, 0.4) is 0 Å². The van der Waals surface area contributed by atoms with Crippen LogP contribution in [0.5, 0.6) is 0 Å². The molecule has 0 radical (unpaired) electrons. The number of Topliss-reactive ketones (excluding diaryl/α,β-unsaturated/α-hetero) is 1. The zero-order valence-corrected chi connectivity index (χ0v) is 23.1. The molecular formula is C25H54N2O4. The van der Waals surface area contributed by atoms with Gasteiger partial charge in [-0.1, -0.05) is 55.0 Å². The molecule has 0 bridgehead atoms. The lowest BCUT2D eigenvalue weighted by molar-refractivity contribution is -0.155. The summed E-state index contributed by atoms with van der Waals surface area (Å²) in [5.74, 6) is 0.771. The predicted molar refractivity (Wildman–Crippen MR) is 137 cm³/mol. The maximum Gasteiger partial charge on any atom is 0.306 e. The fourth-order valence-corrected chi connectivity index (χ4v) is 1.61. The summed E-state index contributed by atoms with van der Waals surface area (Å²) in [5.41, 5.74) is -0.428.